The Kier molecular flexibility index (Phi) is 5.54. The largest absolute Gasteiger partial charge is 0.398 e. The number of nitrogen functional groups attached to an aromatic ring is 1. The maximum absolute atomic E-state index is 11.7. The molecule has 1 aromatic carbocycles. The minimum Gasteiger partial charge on any atom is -0.398 e. The van der Waals surface area contributed by atoms with Gasteiger partial charge in [-0.1, -0.05) is 0 Å². The van der Waals surface area contributed by atoms with Crippen molar-refractivity contribution in [3.05, 3.63) is 34.5 Å². The van der Waals surface area contributed by atoms with Crippen LogP contribution in [0.4, 0.5) is 11.4 Å². The van der Waals surface area contributed by atoms with Gasteiger partial charge in [0.25, 0.3) is 0 Å². The summed E-state index contributed by atoms with van der Waals surface area (Å²) in [6.07, 6.45) is 0. The van der Waals surface area contributed by atoms with E-state index >= 15 is 0 Å². The number of nitrogens with zero attached hydrogens (tertiary/aromatic N) is 1. The molecule has 0 aliphatic rings. The fourth-order valence-corrected chi connectivity index (χ4v) is 3.19. The molecule has 2 aromatic rings. The molecule has 0 aliphatic carbocycles. The standard InChI is InChI=1S/C16H20N2O3S/c1-11(21)16-13(4-9-22-16)14-10-12(2-3-15(14)17)18(5-7-19)6-8-20/h2-4,9-10,19-20H,5-8,17H2,1H3. The van der Waals surface area contributed by atoms with Gasteiger partial charge in [-0.2, -0.15) is 0 Å². The van der Waals surface area contributed by atoms with E-state index in [9.17, 15) is 4.79 Å². The van der Waals surface area contributed by atoms with Crippen molar-refractivity contribution in [2.45, 2.75) is 6.92 Å². The van der Waals surface area contributed by atoms with E-state index in [1.807, 2.05) is 28.5 Å². The highest BCUT2D eigenvalue weighted by Crippen LogP contribution is 2.35. The number of Topliss-reactive ketones (excluding diaryl/α,β-unsaturated/α-hetero) is 1. The number of carbonyl (C=O) groups excluding carboxylic acids is 1. The van der Waals surface area contributed by atoms with Crippen molar-refractivity contribution in [2.75, 3.05) is 36.9 Å². The molecule has 0 radical (unpaired) electrons. The van der Waals surface area contributed by atoms with E-state index in [4.69, 9.17) is 15.9 Å². The number of anilines is 2. The predicted octanol–water partition coefficient (Wildman–Crippen LogP) is 1.99. The molecule has 4 N–H and O–H groups in total. The summed E-state index contributed by atoms with van der Waals surface area (Å²) < 4.78 is 0. The molecule has 0 amide bonds. The lowest BCUT2D eigenvalue weighted by molar-refractivity contribution is 0.102. The first-order valence-corrected chi connectivity index (χ1v) is 7.91. The van der Waals surface area contributed by atoms with E-state index in [0.29, 0.717) is 23.7 Å². The van der Waals surface area contributed by atoms with Crippen LogP contribution in [0.15, 0.2) is 29.6 Å². The topological polar surface area (TPSA) is 86.8 Å². The summed E-state index contributed by atoms with van der Waals surface area (Å²) in [5.41, 5.74) is 9.14. The Morgan fingerprint density at radius 2 is 1.86 bits per heavy atom. The van der Waals surface area contributed by atoms with Crippen molar-refractivity contribution in [3.63, 3.8) is 0 Å². The molecular weight excluding hydrogens is 300 g/mol. The van der Waals surface area contributed by atoms with Gasteiger partial charge in [0.05, 0.1) is 18.1 Å². The molecular formula is C16H20N2O3S. The highest BCUT2D eigenvalue weighted by Gasteiger charge is 2.15. The van der Waals surface area contributed by atoms with E-state index in [-0.39, 0.29) is 19.0 Å². The van der Waals surface area contributed by atoms with Crippen LogP contribution in [0.2, 0.25) is 0 Å². The third-order valence-electron chi connectivity index (χ3n) is 3.42. The van der Waals surface area contributed by atoms with Crippen LogP contribution < -0.4 is 10.6 Å². The van der Waals surface area contributed by atoms with Gasteiger partial charge in [0, 0.05) is 35.6 Å². The lowest BCUT2D eigenvalue weighted by Gasteiger charge is -2.24. The van der Waals surface area contributed by atoms with Crippen LogP contribution in [0.25, 0.3) is 11.1 Å². The molecule has 1 heterocycles. The Balaban J connectivity index is 2.46. The smallest absolute Gasteiger partial charge is 0.170 e. The minimum absolute atomic E-state index is 0.00312. The summed E-state index contributed by atoms with van der Waals surface area (Å²) in [5.74, 6) is 0.0115. The number of hydrogen-bond donors (Lipinski definition) is 3. The van der Waals surface area contributed by atoms with Gasteiger partial charge in [0.2, 0.25) is 0 Å². The lowest BCUT2D eigenvalue weighted by Crippen LogP contribution is -2.29. The van der Waals surface area contributed by atoms with Crippen molar-refractivity contribution in [3.8, 4) is 11.1 Å². The minimum atomic E-state index is -0.00312. The number of carbonyl (C=O) groups is 1. The SMILES string of the molecule is CC(=O)c1sccc1-c1cc(N(CCO)CCO)ccc1N. The maximum Gasteiger partial charge on any atom is 0.170 e. The van der Waals surface area contributed by atoms with Crippen LogP contribution >= 0.6 is 11.3 Å². The number of aliphatic hydroxyl groups is 2. The Bertz CT molecular complexity index is 649. The van der Waals surface area contributed by atoms with Gasteiger partial charge in [-0.3, -0.25) is 4.79 Å². The molecule has 0 saturated heterocycles. The van der Waals surface area contributed by atoms with Gasteiger partial charge in [-0.15, -0.1) is 11.3 Å². The zero-order valence-electron chi connectivity index (χ0n) is 12.5. The van der Waals surface area contributed by atoms with Crippen molar-refractivity contribution in [1.29, 1.82) is 0 Å². The van der Waals surface area contributed by atoms with E-state index in [1.165, 1.54) is 11.3 Å². The quantitative estimate of drug-likeness (QED) is 0.536. The van der Waals surface area contributed by atoms with Gasteiger partial charge in [0.1, 0.15) is 0 Å². The molecule has 5 nitrogen and oxygen atoms in total. The van der Waals surface area contributed by atoms with E-state index in [2.05, 4.69) is 0 Å². The van der Waals surface area contributed by atoms with Gasteiger partial charge in [-0.25, -0.2) is 0 Å². The summed E-state index contributed by atoms with van der Waals surface area (Å²) in [4.78, 5) is 14.3. The van der Waals surface area contributed by atoms with E-state index in [1.54, 1.807) is 13.0 Å². The molecule has 0 aliphatic heterocycles. The molecule has 0 atom stereocenters. The summed E-state index contributed by atoms with van der Waals surface area (Å²) in [5, 5.41) is 20.2. The third-order valence-corrected chi connectivity index (χ3v) is 4.43. The molecule has 22 heavy (non-hydrogen) atoms. The summed E-state index contributed by atoms with van der Waals surface area (Å²) in [6, 6.07) is 7.42. The average molecular weight is 320 g/mol. The molecule has 118 valence electrons. The number of benzene rings is 1. The fraction of sp³-hybridized carbons (Fsp3) is 0.312. The zero-order chi connectivity index (χ0) is 16.1. The predicted molar refractivity (Wildman–Crippen MR) is 90.6 cm³/mol. The molecule has 6 heteroatoms. The number of nitrogens with two attached hydrogens (primary N) is 1. The molecule has 1 aromatic heterocycles. The first-order valence-electron chi connectivity index (χ1n) is 7.03. The number of rotatable bonds is 7. The summed E-state index contributed by atoms with van der Waals surface area (Å²) >= 11 is 1.40. The Hall–Kier alpha value is -1.89. The molecule has 0 bridgehead atoms. The number of ketones is 1. The van der Waals surface area contributed by atoms with Crippen molar-refractivity contribution in [2.24, 2.45) is 0 Å². The van der Waals surface area contributed by atoms with Gasteiger partial charge >= 0.3 is 0 Å². The van der Waals surface area contributed by atoms with Crippen LogP contribution in [-0.4, -0.2) is 42.3 Å². The van der Waals surface area contributed by atoms with Crippen LogP contribution in [0.5, 0.6) is 0 Å². The summed E-state index contributed by atoms with van der Waals surface area (Å²) in [6.45, 7) is 2.38. The van der Waals surface area contributed by atoms with Crippen molar-refractivity contribution in [1.82, 2.24) is 0 Å². The average Bonchev–Trinajstić information content (AvgIpc) is 2.97. The van der Waals surface area contributed by atoms with E-state index < -0.39 is 0 Å². The third kappa shape index (κ3) is 3.47. The molecule has 0 unspecified atom stereocenters. The Morgan fingerprint density at radius 1 is 1.18 bits per heavy atom. The van der Waals surface area contributed by atoms with Crippen LogP contribution in [-0.2, 0) is 0 Å². The summed E-state index contributed by atoms with van der Waals surface area (Å²) in [7, 11) is 0. The normalized spacial score (nSPS) is 10.7. The van der Waals surface area contributed by atoms with Gasteiger partial charge in [0.15, 0.2) is 5.78 Å². The highest BCUT2D eigenvalue weighted by molar-refractivity contribution is 7.12. The second-order valence-corrected chi connectivity index (χ2v) is 5.84. The monoisotopic (exact) mass is 320 g/mol. The lowest BCUT2D eigenvalue weighted by atomic mass is 10.0. The molecule has 0 fully saturated rings. The zero-order valence-corrected chi connectivity index (χ0v) is 13.3. The number of hydrogen-bond acceptors (Lipinski definition) is 6. The highest BCUT2D eigenvalue weighted by atomic mass is 32.1. The Morgan fingerprint density at radius 3 is 2.45 bits per heavy atom. The number of aliphatic hydroxyl groups excluding tert-OH is 2. The van der Waals surface area contributed by atoms with Crippen molar-refractivity contribution < 1.29 is 15.0 Å². The molecule has 2 rings (SSSR count). The van der Waals surface area contributed by atoms with Crippen LogP contribution in [0.3, 0.4) is 0 Å². The Labute approximate surface area is 133 Å². The van der Waals surface area contributed by atoms with Gasteiger partial charge in [-0.05, 0) is 36.6 Å². The maximum atomic E-state index is 11.7. The van der Waals surface area contributed by atoms with E-state index in [0.717, 1.165) is 16.8 Å². The second-order valence-electron chi connectivity index (χ2n) is 4.93. The first-order chi connectivity index (χ1) is 10.6. The van der Waals surface area contributed by atoms with Crippen LogP contribution in [0.1, 0.15) is 16.6 Å². The molecule has 0 spiro atoms. The van der Waals surface area contributed by atoms with Crippen LogP contribution in [0, 0.1) is 0 Å². The number of thiophene rings is 1. The second kappa shape index (κ2) is 7.40. The fourth-order valence-electron chi connectivity index (χ4n) is 2.38. The van der Waals surface area contributed by atoms with Gasteiger partial charge < -0.3 is 20.8 Å². The first kappa shape index (κ1) is 16.5. The molecule has 0 saturated carbocycles. The van der Waals surface area contributed by atoms with Crippen molar-refractivity contribution >= 4 is 28.5 Å².